The molecule has 0 saturated carbocycles. The van der Waals surface area contributed by atoms with Crippen molar-refractivity contribution in [2.24, 2.45) is 0 Å². The van der Waals surface area contributed by atoms with Crippen LogP contribution in [0.4, 0.5) is 0 Å². The minimum Gasteiger partial charge on any atom is -0.492 e. The number of benzene rings is 1. The molecular weight excluding hydrogens is 292 g/mol. The summed E-state index contributed by atoms with van der Waals surface area (Å²) in [4.78, 5) is 4.21. The van der Waals surface area contributed by atoms with Gasteiger partial charge in [0.05, 0.1) is 12.2 Å². The SMILES string of the molecule is N#Cc1cc(Br)ccc1OCCc1ccccn1. The van der Waals surface area contributed by atoms with E-state index in [1.807, 2.05) is 24.3 Å². The third-order valence-corrected chi connectivity index (χ3v) is 2.90. The molecule has 0 aliphatic rings. The first-order chi connectivity index (χ1) is 8.79. The van der Waals surface area contributed by atoms with Gasteiger partial charge in [-0.25, -0.2) is 0 Å². The fourth-order valence-corrected chi connectivity index (χ4v) is 1.89. The summed E-state index contributed by atoms with van der Waals surface area (Å²) in [7, 11) is 0. The molecule has 1 heterocycles. The first kappa shape index (κ1) is 12.6. The Kier molecular flexibility index (Phi) is 4.32. The molecule has 1 aromatic carbocycles. The number of hydrogen-bond acceptors (Lipinski definition) is 3. The van der Waals surface area contributed by atoms with E-state index in [2.05, 4.69) is 27.0 Å². The van der Waals surface area contributed by atoms with Gasteiger partial charge in [-0.3, -0.25) is 4.98 Å². The lowest BCUT2D eigenvalue weighted by atomic mass is 10.2. The Morgan fingerprint density at radius 3 is 2.89 bits per heavy atom. The molecule has 0 fully saturated rings. The standard InChI is InChI=1S/C14H11BrN2O/c15-12-4-5-14(11(9-12)10-16)18-8-6-13-3-1-2-7-17-13/h1-5,7,9H,6,8H2. The number of halogens is 1. The maximum atomic E-state index is 9.00. The molecule has 0 atom stereocenters. The monoisotopic (exact) mass is 302 g/mol. The summed E-state index contributed by atoms with van der Waals surface area (Å²) in [5.74, 6) is 0.608. The maximum absolute atomic E-state index is 9.00. The van der Waals surface area contributed by atoms with Crippen molar-refractivity contribution in [2.45, 2.75) is 6.42 Å². The predicted molar refractivity (Wildman–Crippen MR) is 72.3 cm³/mol. The average molecular weight is 303 g/mol. The van der Waals surface area contributed by atoms with Crippen LogP contribution in [0.25, 0.3) is 0 Å². The maximum Gasteiger partial charge on any atom is 0.137 e. The molecule has 0 bridgehead atoms. The Morgan fingerprint density at radius 2 is 2.17 bits per heavy atom. The Morgan fingerprint density at radius 1 is 1.28 bits per heavy atom. The van der Waals surface area contributed by atoms with Crippen molar-refractivity contribution in [3.63, 3.8) is 0 Å². The van der Waals surface area contributed by atoms with Gasteiger partial charge in [-0.15, -0.1) is 0 Å². The third kappa shape index (κ3) is 3.31. The Balaban J connectivity index is 1.97. The lowest BCUT2D eigenvalue weighted by Gasteiger charge is -2.07. The molecular formula is C14H11BrN2O. The summed E-state index contributed by atoms with van der Waals surface area (Å²) < 4.78 is 6.48. The van der Waals surface area contributed by atoms with Gasteiger partial charge < -0.3 is 4.74 Å². The summed E-state index contributed by atoms with van der Waals surface area (Å²) in [5, 5.41) is 9.00. The lowest BCUT2D eigenvalue weighted by molar-refractivity contribution is 0.319. The van der Waals surface area contributed by atoms with Gasteiger partial charge >= 0.3 is 0 Å². The molecule has 0 unspecified atom stereocenters. The highest BCUT2D eigenvalue weighted by Crippen LogP contribution is 2.22. The third-order valence-electron chi connectivity index (χ3n) is 2.40. The summed E-state index contributed by atoms with van der Waals surface area (Å²) in [6, 6.07) is 13.3. The Hall–Kier alpha value is -1.86. The van der Waals surface area contributed by atoms with Gasteiger partial charge in [0.2, 0.25) is 0 Å². The van der Waals surface area contributed by atoms with E-state index in [1.165, 1.54) is 0 Å². The van der Waals surface area contributed by atoms with E-state index in [-0.39, 0.29) is 0 Å². The molecule has 90 valence electrons. The number of aromatic nitrogens is 1. The molecule has 18 heavy (non-hydrogen) atoms. The van der Waals surface area contributed by atoms with Crippen LogP contribution in [0.1, 0.15) is 11.3 Å². The summed E-state index contributed by atoms with van der Waals surface area (Å²) in [6.07, 6.45) is 2.48. The number of nitriles is 1. The van der Waals surface area contributed by atoms with E-state index in [9.17, 15) is 0 Å². The van der Waals surface area contributed by atoms with Crippen LogP contribution in [0.2, 0.25) is 0 Å². The molecule has 4 heteroatoms. The van der Waals surface area contributed by atoms with Crippen LogP contribution in [0.3, 0.4) is 0 Å². The van der Waals surface area contributed by atoms with Gasteiger partial charge in [0.1, 0.15) is 11.8 Å². The van der Waals surface area contributed by atoms with Crippen LogP contribution in [-0.2, 0) is 6.42 Å². The second kappa shape index (κ2) is 6.18. The highest BCUT2D eigenvalue weighted by atomic mass is 79.9. The molecule has 0 spiro atoms. The van der Waals surface area contributed by atoms with Crippen LogP contribution in [0.15, 0.2) is 47.1 Å². The second-order valence-corrected chi connectivity index (χ2v) is 4.59. The van der Waals surface area contributed by atoms with Crippen molar-refractivity contribution in [1.82, 2.24) is 4.98 Å². The van der Waals surface area contributed by atoms with Crippen LogP contribution in [-0.4, -0.2) is 11.6 Å². The second-order valence-electron chi connectivity index (χ2n) is 3.67. The summed E-state index contributed by atoms with van der Waals surface area (Å²) in [5.41, 5.74) is 1.51. The zero-order chi connectivity index (χ0) is 12.8. The summed E-state index contributed by atoms with van der Waals surface area (Å²) in [6.45, 7) is 0.507. The van der Waals surface area contributed by atoms with E-state index in [0.29, 0.717) is 17.9 Å². The first-order valence-corrected chi connectivity index (χ1v) is 6.31. The molecule has 2 rings (SSSR count). The topological polar surface area (TPSA) is 45.9 Å². The van der Waals surface area contributed by atoms with Crippen molar-refractivity contribution < 1.29 is 4.74 Å². The van der Waals surface area contributed by atoms with E-state index in [0.717, 1.165) is 16.6 Å². The van der Waals surface area contributed by atoms with Crippen molar-refractivity contribution in [3.05, 3.63) is 58.3 Å². The van der Waals surface area contributed by atoms with Crippen LogP contribution in [0.5, 0.6) is 5.75 Å². The van der Waals surface area contributed by atoms with Gasteiger partial charge in [-0.1, -0.05) is 22.0 Å². The molecule has 0 saturated heterocycles. The fraction of sp³-hybridized carbons (Fsp3) is 0.143. The quantitative estimate of drug-likeness (QED) is 0.870. The number of rotatable bonds is 4. The Bertz CT molecular complexity index is 564. The number of hydrogen-bond donors (Lipinski definition) is 0. The van der Waals surface area contributed by atoms with Gasteiger partial charge in [0.25, 0.3) is 0 Å². The van der Waals surface area contributed by atoms with Crippen molar-refractivity contribution in [2.75, 3.05) is 6.61 Å². The molecule has 1 aromatic heterocycles. The first-order valence-electron chi connectivity index (χ1n) is 5.52. The molecule has 0 amide bonds. The van der Waals surface area contributed by atoms with Gasteiger partial charge in [-0.05, 0) is 30.3 Å². The smallest absolute Gasteiger partial charge is 0.137 e. The zero-order valence-corrected chi connectivity index (χ0v) is 11.2. The van der Waals surface area contributed by atoms with Gasteiger partial charge in [0.15, 0.2) is 0 Å². The number of nitrogens with zero attached hydrogens (tertiary/aromatic N) is 2. The Labute approximate surface area is 114 Å². The molecule has 0 aliphatic heterocycles. The molecule has 2 aromatic rings. The summed E-state index contributed by atoms with van der Waals surface area (Å²) >= 11 is 3.33. The van der Waals surface area contributed by atoms with Crippen LogP contribution >= 0.6 is 15.9 Å². The van der Waals surface area contributed by atoms with E-state index >= 15 is 0 Å². The van der Waals surface area contributed by atoms with Crippen LogP contribution in [0, 0.1) is 11.3 Å². The molecule has 0 aliphatic carbocycles. The van der Waals surface area contributed by atoms with Crippen molar-refractivity contribution >= 4 is 15.9 Å². The molecule has 0 N–H and O–H groups in total. The highest BCUT2D eigenvalue weighted by molar-refractivity contribution is 9.10. The van der Waals surface area contributed by atoms with Crippen LogP contribution < -0.4 is 4.74 Å². The van der Waals surface area contributed by atoms with Crippen molar-refractivity contribution in [1.29, 1.82) is 5.26 Å². The molecule has 3 nitrogen and oxygen atoms in total. The number of ether oxygens (including phenoxy) is 1. The highest BCUT2D eigenvalue weighted by Gasteiger charge is 2.04. The van der Waals surface area contributed by atoms with Gasteiger partial charge in [-0.2, -0.15) is 5.26 Å². The van der Waals surface area contributed by atoms with Crippen molar-refractivity contribution in [3.8, 4) is 11.8 Å². The molecule has 0 radical (unpaired) electrons. The predicted octanol–water partition coefficient (Wildman–Crippen LogP) is 3.34. The lowest BCUT2D eigenvalue weighted by Crippen LogP contribution is -2.03. The average Bonchev–Trinajstić information content (AvgIpc) is 2.41. The van der Waals surface area contributed by atoms with E-state index in [1.54, 1.807) is 18.3 Å². The fourth-order valence-electron chi connectivity index (χ4n) is 1.53. The normalized spacial score (nSPS) is 9.78. The largest absolute Gasteiger partial charge is 0.492 e. The zero-order valence-electron chi connectivity index (χ0n) is 9.64. The van der Waals surface area contributed by atoms with E-state index in [4.69, 9.17) is 10.00 Å². The number of pyridine rings is 1. The van der Waals surface area contributed by atoms with Gasteiger partial charge in [0, 0.05) is 22.8 Å². The minimum absolute atomic E-state index is 0.507. The van der Waals surface area contributed by atoms with E-state index < -0.39 is 0 Å². The minimum atomic E-state index is 0.507.